The second kappa shape index (κ2) is 8.82. The van der Waals surface area contributed by atoms with Crippen molar-refractivity contribution in [2.24, 2.45) is 10.9 Å². The van der Waals surface area contributed by atoms with Crippen LogP contribution < -0.4 is 10.2 Å². The molecule has 1 N–H and O–H groups in total. The van der Waals surface area contributed by atoms with E-state index in [2.05, 4.69) is 16.4 Å². The monoisotopic (exact) mass is 348 g/mol. The van der Waals surface area contributed by atoms with Crippen LogP contribution >= 0.6 is 0 Å². The smallest absolute Gasteiger partial charge is 0.223 e. The number of rotatable bonds is 6. The fourth-order valence-electron chi connectivity index (χ4n) is 2.73. The van der Waals surface area contributed by atoms with E-state index >= 15 is 0 Å². The van der Waals surface area contributed by atoms with Crippen molar-refractivity contribution in [3.63, 3.8) is 0 Å². The summed E-state index contributed by atoms with van der Waals surface area (Å²) in [4.78, 5) is 17.8. The largest absolute Gasteiger partial charge is 0.388 e. The molecule has 2 aromatic carbocycles. The average molecular weight is 348 g/mol. The van der Waals surface area contributed by atoms with E-state index in [0.29, 0.717) is 6.42 Å². The minimum absolute atomic E-state index is 0.0326. The Kier molecular flexibility index (Phi) is 6.51. The first-order valence-electron chi connectivity index (χ1n) is 8.50. The lowest BCUT2D eigenvalue weighted by atomic mass is 9.98. The van der Waals surface area contributed by atoms with Crippen LogP contribution in [0, 0.1) is 24.2 Å². The number of aliphatic imine (C=N–C) groups is 1. The number of nitriles is 1. The third-order valence-corrected chi connectivity index (χ3v) is 4.32. The molecular weight excluding hydrogens is 324 g/mol. The van der Waals surface area contributed by atoms with Gasteiger partial charge in [-0.05, 0) is 48.7 Å². The molecule has 5 heteroatoms. The second-order valence-electron chi connectivity index (χ2n) is 6.17. The van der Waals surface area contributed by atoms with Gasteiger partial charge in [-0.3, -0.25) is 9.79 Å². The van der Waals surface area contributed by atoms with E-state index in [-0.39, 0.29) is 11.8 Å². The Balaban J connectivity index is 2.29. The van der Waals surface area contributed by atoms with Gasteiger partial charge in [0.1, 0.15) is 0 Å². The standard InChI is InChI=1S/C21H24N4O/c1-15-20(23-3)11-17(12-21(15)25(4)16(2)26)10-18(13-22)14-24-19-8-6-5-7-9-19/h5-9,11-12,14,18,23H,10H2,1-4H3. The number of amides is 1. The molecule has 0 aromatic heterocycles. The lowest BCUT2D eigenvalue weighted by Gasteiger charge is -2.21. The summed E-state index contributed by atoms with van der Waals surface area (Å²) in [6, 6.07) is 15.8. The summed E-state index contributed by atoms with van der Waals surface area (Å²) in [7, 11) is 3.61. The summed E-state index contributed by atoms with van der Waals surface area (Å²) in [5.74, 6) is -0.382. The molecule has 0 aliphatic rings. The molecule has 5 nitrogen and oxygen atoms in total. The summed E-state index contributed by atoms with van der Waals surface area (Å²) in [5.41, 5.74) is 4.59. The SMILES string of the molecule is CNc1cc(CC(C#N)C=Nc2ccccc2)cc(N(C)C(C)=O)c1C. The summed E-state index contributed by atoms with van der Waals surface area (Å²) in [6.45, 7) is 3.51. The van der Waals surface area contributed by atoms with Crippen molar-refractivity contribution in [1.82, 2.24) is 0 Å². The van der Waals surface area contributed by atoms with Crippen LogP contribution in [0.5, 0.6) is 0 Å². The van der Waals surface area contributed by atoms with Crippen molar-refractivity contribution in [2.75, 3.05) is 24.3 Å². The number of carbonyl (C=O) groups is 1. The number of benzene rings is 2. The number of hydrogen-bond donors (Lipinski definition) is 1. The minimum atomic E-state index is -0.349. The Hall–Kier alpha value is -3.13. The van der Waals surface area contributed by atoms with Crippen molar-refractivity contribution in [3.05, 3.63) is 53.6 Å². The van der Waals surface area contributed by atoms with Gasteiger partial charge < -0.3 is 10.2 Å². The van der Waals surface area contributed by atoms with Gasteiger partial charge in [-0.15, -0.1) is 0 Å². The third kappa shape index (κ3) is 4.70. The molecule has 0 bridgehead atoms. The Morgan fingerprint density at radius 2 is 2.04 bits per heavy atom. The highest BCUT2D eigenvalue weighted by Gasteiger charge is 2.15. The molecule has 1 atom stereocenters. The van der Waals surface area contributed by atoms with E-state index in [1.807, 2.05) is 56.4 Å². The Morgan fingerprint density at radius 1 is 1.35 bits per heavy atom. The maximum atomic E-state index is 11.8. The van der Waals surface area contributed by atoms with E-state index in [4.69, 9.17) is 0 Å². The highest BCUT2D eigenvalue weighted by Crippen LogP contribution is 2.29. The lowest BCUT2D eigenvalue weighted by molar-refractivity contribution is -0.116. The summed E-state index contributed by atoms with van der Waals surface area (Å²) >= 11 is 0. The van der Waals surface area contributed by atoms with Gasteiger partial charge >= 0.3 is 0 Å². The molecule has 0 aliphatic heterocycles. The molecule has 2 rings (SSSR count). The average Bonchev–Trinajstić information content (AvgIpc) is 2.66. The topological polar surface area (TPSA) is 68.5 Å². The quantitative estimate of drug-likeness (QED) is 0.799. The number of anilines is 2. The fourth-order valence-corrected chi connectivity index (χ4v) is 2.73. The summed E-state index contributed by atoms with van der Waals surface area (Å²) < 4.78 is 0. The van der Waals surface area contributed by atoms with Gasteiger partial charge in [0.2, 0.25) is 5.91 Å². The zero-order valence-corrected chi connectivity index (χ0v) is 15.7. The normalized spacial score (nSPS) is 11.8. The highest BCUT2D eigenvalue weighted by atomic mass is 16.2. The molecule has 2 aromatic rings. The first-order valence-corrected chi connectivity index (χ1v) is 8.50. The maximum Gasteiger partial charge on any atom is 0.223 e. The van der Waals surface area contributed by atoms with Crippen LogP contribution in [0.25, 0.3) is 0 Å². The van der Waals surface area contributed by atoms with E-state index in [1.54, 1.807) is 18.2 Å². The van der Waals surface area contributed by atoms with Crippen molar-refractivity contribution >= 4 is 29.2 Å². The Bertz CT molecular complexity index is 837. The molecular formula is C21H24N4O. The first kappa shape index (κ1) is 19.2. The van der Waals surface area contributed by atoms with Crippen LogP contribution in [0.4, 0.5) is 17.1 Å². The zero-order chi connectivity index (χ0) is 19.1. The maximum absolute atomic E-state index is 11.8. The molecule has 0 heterocycles. The van der Waals surface area contributed by atoms with Gasteiger partial charge in [0.15, 0.2) is 0 Å². The Labute approximate surface area is 155 Å². The van der Waals surface area contributed by atoms with Crippen molar-refractivity contribution in [3.8, 4) is 6.07 Å². The molecule has 134 valence electrons. The van der Waals surface area contributed by atoms with Crippen LogP contribution in [-0.2, 0) is 11.2 Å². The minimum Gasteiger partial charge on any atom is -0.388 e. The number of carbonyl (C=O) groups excluding carboxylic acids is 1. The predicted molar refractivity (Wildman–Crippen MR) is 107 cm³/mol. The van der Waals surface area contributed by atoms with Crippen LogP contribution in [0.15, 0.2) is 47.5 Å². The predicted octanol–water partition coefficient (Wildman–Crippen LogP) is 4.10. The molecule has 1 amide bonds. The molecule has 1 unspecified atom stereocenters. The van der Waals surface area contributed by atoms with Crippen molar-refractivity contribution < 1.29 is 4.79 Å². The number of para-hydroxylation sites is 1. The first-order chi connectivity index (χ1) is 12.5. The van der Waals surface area contributed by atoms with E-state index in [1.165, 1.54) is 6.92 Å². The molecule has 0 radical (unpaired) electrons. The van der Waals surface area contributed by atoms with E-state index < -0.39 is 0 Å². The molecule has 26 heavy (non-hydrogen) atoms. The van der Waals surface area contributed by atoms with Gasteiger partial charge in [-0.2, -0.15) is 5.26 Å². The molecule has 0 fully saturated rings. The fraction of sp³-hybridized carbons (Fsp3) is 0.286. The molecule has 0 aliphatic carbocycles. The molecule has 0 saturated carbocycles. The number of nitrogens with zero attached hydrogens (tertiary/aromatic N) is 3. The van der Waals surface area contributed by atoms with Crippen LogP contribution in [-0.4, -0.2) is 26.2 Å². The van der Waals surface area contributed by atoms with E-state index in [0.717, 1.165) is 28.2 Å². The van der Waals surface area contributed by atoms with E-state index in [9.17, 15) is 10.1 Å². The van der Waals surface area contributed by atoms with Crippen molar-refractivity contribution in [2.45, 2.75) is 20.3 Å². The lowest BCUT2D eigenvalue weighted by Crippen LogP contribution is -2.24. The number of nitrogens with one attached hydrogen (secondary N) is 1. The van der Waals surface area contributed by atoms with Gasteiger partial charge in [0, 0.05) is 38.6 Å². The van der Waals surface area contributed by atoms with Gasteiger partial charge in [-0.1, -0.05) is 18.2 Å². The summed E-state index contributed by atoms with van der Waals surface area (Å²) in [5, 5.41) is 12.7. The Morgan fingerprint density at radius 3 is 2.62 bits per heavy atom. The number of hydrogen-bond acceptors (Lipinski definition) is 4. The zero-order valence-electron chi connectivity index (χ0n) is 15.7. The van der Waals surface area contributed by atoms with Crippen LogP contribution in [0.1, 0.15) is 18.1 Å². The highest BCUT2D eigenvalue weighted by molar-refractivity contribution is 5.93. The van der Waals surface area contributed by atoms with Crippen LogP contribution in [0.3, 0.4) is 0 Å². The summed E-state index contributed by atoms with van der Waals surface area (Å²) in [6.07, 6.45) is 2.21. The second-order valence-corrected chi connectivity index (χ2v) is 6.17. The molecule has 0 saturated heterocycles. The molecule has 0 spiro atoms. The van der Waals surface area contributed by atoms with Gasteiger partial charge in [0.25, 0.3) is 0 Å². The van der Waals surface area contributed by atoms with Gasteiger partial charge in [0.05, 0.1) is 17.7 Å². The third-order valence-electron chi connectivity index (χ3n) is 4.32. The van der Waals surface area contributed by atoms with Crippen LogP contribution in [0.2, 0.25) is 0 Å². The van der Waals surface area contributed by atoms with Crippen molar-refractivity contribution in [1.29, 1.82) is 5.26 Å². The van der Waals surface area contributed by atoms with Gasteiger partial charge in [-0.25, -0.2) is 0 Å².